The number of benzene rings is 2. The predicted octanol–water partition coefficient (Wildman–Crippen LogP) is 5.07. The van der Waals surface area contributed by atoms with Gasteiger partial charge < -0.3 is 4.74 Å². The second-order valence-corrected chi connectivity index (χ2v) is 6.76. The standard InChI is InChI=1S/C22H23NO2/c1-2-3-4-16-5-8-19-14-20(10-9-18(19)13-16)22(24)25-21-11-6-17(15-23)7-12-21/h6-7,9-12,14,16H,2-5,8,13H2,1H3. The third-order valence-electron chi connectivity index (χ3n) is 4.93. The van der Waals surface area contributed by atoms with E-state index in [-0.39, 0.29) is 5.97 Å². The van der Waals surface area contributed by atoms with Gasteiger partial charge in [0, 0.05) is 0 Å². The van der Waals surface area contributed by atoms with Crippen LogP contribution in [0.4, 0.5) is 0 Å². The molecule has 0 N–H and O–H groups in total. The Morgan fingerprint density at radius 2 is 2.00 bits per heavy atom. The summed E-state index contributed by atoms with van der Waals surface area (Å²) >= 11 is 0. The lowest BCUT2D eigenvalue weighted by Crippen LogP contribution is -2.16. The van der Waals surface area contributed by atoms with Crippen LogP contribution >= 0.6 is 0 Å². The Bertz CT molecular complexity index is 787. The van der Waals surface area contributed by atoms with Crippen LogP contribution in [-0.4, -0.2) is 5.97 Å². The minimum atomic E-state index is -0.347. The maximum atomic E-state index is 12.4. The number of aryl methyl sites for hydroxylation is 1. The van der Waals surface area contributed by atoms with Crippen LogP contribution in [0.15, 0.2) is 42.5 Å². The normalized spacial score (nSPS) is 15.9. The third kappa shape index (κ3) is 4.28. The van der Waals surface area contributed by atoms with Gasteiger partial charge in [-0.05, 0) is 72.7 Å². The fourth-order valence-corrected chi connectivity index (χ4v) is 3.46. The highest BCUT2D eigenvalue weighted by atomic mass is 16.5. The molecule has 2 aromatic carbocycles. The molecule has 25 heavy (non-hydrogen) atoms. The Hall–Kier alpha value is -2.60. The number of hydrogen-bond donors (Lipinski definition) is 0. The Labute approximate surface area is 149 Å². The van der Waals surface area contributed by atoms with Crippen molar-refractivity contribution in [3.05, 3.63) is 64.7 Å². The zero-order chi connectivity index (χ0) is 17.6. The average molecular weight is 333 g/mol. The molecule has 0 saturated heterocycles. The van der Waals surface area contributed by atoms with Crippen molar-refractivity contribution in [2.45, 2.75) is 45.4 Å². The molecule has 0 aliphatic heterocycles. The molecule has 1 atom stereocenters. The first-order valence-electron chi connectivity index (χ1n) is 9.03. The molecule has 3 nitrogen and oxygen atoms in total. The maximum absolute atomic E-state index is 12.4. The van der Waals surface area contributed by atoms with Gasteiger partial charge in [-0.15, -0.1) is 0 Å². The molecule has 3 heteroatoms. The van der Waals surface area contributed by atoms with Crippen molar-refractivity contribution in [1.29, 1.82) is 5.26 Å². The van der Waals surface area contributed by atoms with E-state index in [1.165, 1.54) is 36.8 Å². The Balaban J connectivity index is 1.67. The lowest BCUT2D eigenvalue weighted by molar-refractivity contribution is 0.0734. The molecule has 0 amide bonds. The van der Waals surface area contributed by atoms with Crippen molar-refractivity contribution in [3.8, 4) is 11.8 Å². The van der Waals surface area contributed by atoms with Crippen LogP contribution in [0.5, 0.6) is 5.75 Å². The van der Waals surface area contributed by atoms with Gasteiger partial charge in [-0.25, -0.2) is 4.79 Å². The van der Waals surface area contributed by atoms with Crippen molar-refractivity contribution in [3.63, 3.8) is 0 Å². The van der Waals surface area contributed by atoms with E-state index in [9.17, 15) is 4.79 Å². The number of nitriles is 1. The fourth-order valence-electron chi connectivity index (χ4n) is 3.46. The number of rotatable bonds is 5. The molecule has 3 rings (SSSR count). The number of fused-ring (bicyclic) bond motifs is 1. The van der Waals surface area contributed by atoms with Crippen LogP contribution in [-0.2, 0) is 12.8 Å². The zero-order valence-corrected chi connectivity index (χ0v) is 14.6. The summed E-state index contributed by atoms with van der Waals surface area (Å²) in [6.07, 6.45) is 7.24. The van der Waals surface area contributed by atoms with Crippen LogP contribution < -0.4 is 4.74 Å². The molecule has 0 spiro atoms. The summed E-state index contributed by atoms with van der Waals surface area (Å²) in [6, 6.07) is 14.6. The number of esters is 1. The molecule has 128 valence electrons. The van der Waals surface area contributed by atoms with Crippen LogP contribution in [0.25, 0.3) is 0 Å². The first-order valence-corrected chi connectivity index (χ1v) is 9.03. The van der Waals surface area contributed by atoms with E-state index in [0.717, 1.165) is 18.8 Å². The van der Waals surface area contributed by atoms with Gasteiger partial charge in [-0.3, -0.25) is 0 Å². The molecular formula is C22H23NO2. The second kappa shape index (κ2) is 7.98. The number of unbranched alkanes of at least 4 members (excludes halogenated alkanes) is 1. The summed E-state index contributed by atoms with van der Waals surface area (Å²) in [5, 5.41) is 8.81. The van der Waals surface area contributed by atoms with E-state index in [1.54, 1.807) is 24.3 Å². The maximum Gasteiger partial charge on any atom is 0.343 e. The molecule has 0 bridgehead atoms. The van der Waals surface area contributed by atoms with Gasteiger partial charge in [0.05, 0.1) is 17.2 Å². The Kier molecular flexibility index (Phi) is 5.50. The number of hydrogen-bond acceptors (Lipinski definition) is 3. The third-order valence-corrected chi connectivity index (χ3v) is 4.93. The highest BCUT2D eigenvalue weighted by molar-refractivity contribution is 5.91. The quantitative estimate of drug-likeness (QED) is 0.567. The van der Waals surface area contributed by atoms with Crippen molar-refractivity contribution in [2.24, 2.45) is 5.92 Å². The minimum absolute atomic E-state index is 0.347. The zero-order valence-electron chi connectivity index (χ0n) is 14.6. The highest BCUT2D eigenvalue weighted by Gasteiger charge is 2.20. The number of carbonyl (C=O) groups excluding carboxylic acids is 1. The molecule has 1 aliphatic carbocycles. The molecule has 0 fully saturated rings. The largest absolute Gasteiger partial charge is 0.423 e. The monoisotopic (exact) mass is 333 g/mol. The number of carbonyl (C=O) groups is 1. The van der Waals surface area contributed by atoms with Crippen LogP contribution in [0, 0.1) is 17.2 Å². The average Bonchev–Trinajstić information content (AvgIpc) is 2.66. The van der Waals surface area contributed by atoms with Crippen molar-refractivity contribution < 1.29 is 9.53 Å². The van der Waals surface area contributed by atoms with Crippen LogP contribution in [0.1, 0.15) is 59.7 Å². The molecule has 2 aromatic rings. The minimum Gasteiger partial charge on any atom is -0.423 e. The summed E-state index contributed by atoms with van der Waals surface area (Å²) in [5.41, 5.74) is 3.80. The van der Waals surface area contributed by atoms with Crippen molar-refractivity contribution >= 4 is 5.97 Å². The Morgan fingerprint density at radius 1 is 1.20 bits per heavy atom. The first kappa shape index (κ1) is 17.2. The van der Waals surface area contributed by atoms with Gasteiger partial charge in [-0.2, -0.15) is 5.26 Å². The smallest absolute Gasteiger partial charge is 0.343 e. The van der Waals surface area contributed by atoms with E-state index in [0.29, 0.717) is 16.9 Å². The summed E-state index contributed by atoms with van der Waals surface area (Å²) < 4.78 is 5.42. The molecule has 1 aliphatic rings. The molecular weight excluding hydrogens is 310 g/mol. The topological polar surface area (TPSA) is 50.1 Å². The van der Waals surface area contributed by atoms with Crippen molar-refractivity contribution in [2.75, 3.05) is 0 Å². The summed E-state index contributed by atoms with van der Waals surface area (Å²) in [6.45, 7) is 2.24. The molecule has 0 saturated carbocycles. The van der Waals surface area contributed by atoms with Gasteiger partial charge in [0.2, 0.25) is 0 Å². The van der Waals surface area contributed by atoms with E-state index < -0.39 is 0 Å². The second-order valence-electron chi connectivity index (χ2n) is 6.76. The van der Waals surface area contributed by atoms with E-state index >= 15 is 0 Å². The summed E-state index contributed by atoms with van der Waals surface area (Å²) in [4.78, 5) is 12.4. The lowest BCUT2D eigenvalue weighted by Gasteiger charge is -2.24. The van der Waals surface area contributed by atoms with E-state index in [2.05, 4.69) is 13.0 Å². The van der Waals surface area contributed by atoms with Gasteiger partial charge >= 0.3 is 5.97 Å². The molecule has 0 aromatic heterocycles. The SMILES string of the molecule is CCCCC1CCc2cc(C(=O)Oc3ccc(C#N)cc3)ccc2C1. The van der Waals surface area contributed by atoms with Gasteiger partial charge in [0.25, 0.3) is 0 Å². The molecule has 1 unspecified atom stereocenters. The summed E-state index contributed by atoms with van der Waals surface area (Å²) in [5.74, 6) is 0.894. The number of nitrogens with zero attached hydrogens (tertiary/aromatic N) is 1. The van der Waals surface area contributed by atoms with E-state index in [4.69, 9.17) is 10.00 Å². The molecule has 0 radical (unpaired) electrons. The van der Waals surface area contributed by atoms with Gasteiger partial charge in [0.15, 0.2) is 0 Å². The summed E-state index contributed by atoms with van der Waals surface area (Å²) in [7, 11) is 0. The highest BCUT2D eigenvalue weighted by Crippen LogP contribution is 2.29. The van der Waals surface area contributed by atoms with Gasteiger partial charge in [0.1, 0.15) is 5.75 Å². The first-order chi connectivity index (χ1) is 12.2. The fraction of sp³-hybridized carbons (Fsp3) is 0.364. The van der Waals surface area contributed by atoms with Crippen LogP contribution in [0.2, 0.25) is 0 Å². The molecule has 0 heterocycles. The predicted molar refractivity (Wildman–Crippen MR) is 97.6 cm³/mol. The number of ether oxygens (including phenoxy) is 1. The Morgan fingerprint density at radius 3 is 2.72 bits per heavy atom. The lowest BCUT2D eigenvalue weighted by atomic mass is 9.81. The van der Waals surface area contributed by atoms with Gasteiger partial charge in [-0.1, -0.05) is 32.3 Å². The van der Waals surface area contributed by atoms with Crippen molar-refractivity contribution in [1.82, 2.24) is 0 Å². The van der Waals surface area contributed by atoms with E-state index in [1.807, 2.05) is 18.2 Å². The van der Waals surface area contributed by atoms with Crippen LogP contribution in [0.3, 0.4) is 0 Å².